The van der Waals surface area contributed by atoms with Crippen LogP contribution in [0.25, 0.3) is 44.2 Å². The zero-order chi connectivity index (χ0) is 48.6. The highest BCUT2D eigenvalue weighted by molar-refractivity contribution is 5.90. The zero-order valence-corrected chi connectivity index (χ0v) is 38.1. The number of aromatic hydroxyl groups is 1. The maximum Gasteiger partial charge on any atom is 0.344 e. The van der Waals surface area contributed by atoms with Gasteiger partial charge in [0.15, 0.2) is 0 Å². The molecule has 4 aromatic carbocycles. The number of ether oxygens (including phenoxy) is 3. The first-order chi connectivity index (χ1) is 32.1. The quantitative estimate of drug-likeness (QED) is 0.0216. The van der Waals surface area contributed by atoms with Crippen LogP contribution in [0.1, 0.15) is 68.7 Å². The molecule has 2 heterocycles. The van der Waals surface area contributed by atoms with Crippen molar-refractivity contribution in [2.24, 2.45) is 0 Å². The van der Waals surface area contributed by atoms with Crippen LogP contribution in [0.4, 0.5) is 0 Å². The Labute approximate surface area is 388 Å². The van der Waals surface area contributed by atoms with Crippen LogP contribution in [-0.2, 0) is 49.5 Å². The van der Waals surface area contributed by atoms with E-state index >= 15 is 0 Å². The number of aryl methyl sites for hydroxylation is 4. The van der Waals surface area contributed by atoms with Crippen molar-refractivity contribution in [2.75, 3.05) is 26.4 Å². The van der Waals surface area contributed by atoms with Gasteiger partial charge in [0, 0.05) is 40.7 Å². The summed E-state index contributed by atoms with van der Waals surface area (Å²) in [6.45, 7) is 16.1. The predicted molar refractivity (Wildman–Crippen MR) is 257 cm³/mol. The fourth-order valence-electron chi connectivity index (χ4n) is 7.02. The zero-order valence-electron chi connectivity index (χ0n) is 38.1. The molecule has 6 rings (SSSR count). The van der Waals surface area contributed by atoms with Crippen molar-refractivity contribution in [1.29, 1.82) is 0 Å². The van der Waals surface area contributed by atoms with Crippen LogP contribution in [0.3, 0.4) is 0 Å². The van der Waals surface area contributed by atoms with Gasteiger partial charge in [-0.15, -0.1) is 0 Å². The number of phenolic OH excluding ortho intramolecular Hbond substituents is 1. The Morgan fingerprint density at radius 1 is 0.537 bits per heavy atom. The molecule has 0 amide bonds. The van der Waals surface area contributed by atoms with Crippen molar-refractivity contribution in [2.45, 2.75) is 72.1 Å². The van der Waals surface area contributed by atoms with E-state index in [1.54, 1.807) is 69.3 Å². The number of hydrogen-bond acceptors (Lipinski definition) is 13. The minimum Gasteiger partial charge on any atom is -0.508 e. The average molecular weight is 913 g/mol. The summed E-state index contributed by atoms with van der Waals surface area (Å²) in [7, 11) is 0. The molecular weight excluding hydrogens is 857 g/mol. The minimum absolute atomic E-state index is 0.0676. The number of hydrogen-bond donors (Lipinski definition) is 3. The van der Waals surface area contributed by atoms with E-state index in [2.05, 4.69) is 19.7 Å². The van der Waals surface area contributed by atoms with Crippen LogP contribution in [-0.4, -0.2) is 59.7 Å². The molecule has 13 heteroatoms. The molecule has 0 radical (unpaired) electrons. The van der Waals surface area contributed by atoms with Gasteiger partial charge in [-0.3, -0.25) is 0 Å². The lowest BCUT2D eigenvalue weighted by Gasteiger charge is -2.12. The second-order valence-electron chi connectivity index (χ2n) is 16.2. The van der Waals surface area contributed by atoms with Gasteiger partial charge in [-0.25, -0.2) is 24.0 Å². The largest absolute Gasteiger partial charge is 0.508 e. The number of aliphatic hydroxyl groups excluding tert-OH is 2. The van der Waals surface area contributed by atoms with E-state index in [1.165, 1.54) is 12.1 Å². The van der Waals surface area contributed by atoms with Gasteiger partial charge in [0.2, 0.25) is 0 Å². The van der Waals surface area contributed by atoms with E-state index in [-0.39, 0.29) is 37.8 Å². The van der Waals surface area contributed by atoms with Crippen molar-refractivity contribution in [3.8, 4) is 33.8 Å². The lowest BCUT2D eigenvalue weighted by molar-refractivity contribution is -0.139. The standard InChI is InChI=1S/C33H34O8.C21H22O5/c1-20(2)30(34)38-15-7-9-23-17-25(10-8-16-39-31(35)21(3)4)29-26(18-23)19-28(33(37)41-29)24-11-13-27(14-12-24)40-32(36)22(5)6;22-9-1-3-14-11-16(4-2-10-23)20-17(12-14)13-19(21(25)26-20)15-5-7-18(24)8-6-15/h11-14,17-19H,1,3,5,7-10,15-16H2,2,4,6H3;5-8,11-13,22-24H,1-4,9-10H2. The molecule has 0 aliphatic rings. The van der Waals surface area contributed by atoms with E-state index in [0.29, 0.717) is 95.3 Å². The lowest BCUT2D eigenvalue weighted by atomic mass is 9.98. The molecule has 0 saturated carbocycles. The van der Waals surface area contributed by atoms with Gasteiger partial charge in [-0.2, -0.15) is 0 Å². The molecule has 0 aliphatic heterocycles. The Morgan fingerprint density at radius 2 is 0.940 bits per heavy atom. The topological polar surface area (TPSA) is 200 Å². The molecule has 13 nitrogen and oxygen atoms in total. The molecule has 0 unspecified atom stereocenters. The van der Waals surface area contributed by atoms with Gasteiger partial charge in [0.1, 0.15) is 22.7 Å². The molecule has 0 aliphatic carbocycles. The van der Waals surface area contributed by atoms with Crippen LogP contribution in [0.5, 0.6) is 11.5 Å². The van der Waals surface area contributed by atoms with Gasteiger partial charge in [0.25, 0.3) is 0 Å². The number of fused-ring (bicyclic) bond motifs is 2. The highest BCUT2D eigenvalue weighted by atomic mass is 16.5. The van der Waals surface area contributed by atoms with E-state index in [9.17, 15) is 29.1 Å². The summed E-state index contributed by atoms with van der Waals surface area (Å²) in [5, 5.41) is 29.2. The third kappa shape index (κ3) is 14.3. The van der Waals surface area contributed by atoms with Gasteiger partial charge < -0.3 is 38.4 Å². The average Bonchev–Trinajstić information content (AvgIpc) is 3.30. The summed E-state index contributed by atoms with van der Waals surface area (Å²) in [4.78, 5) is 60.8. The maximum atomic E-state index is 13.0. The number of aliphatic hydroxyl groups is 2. The second-order valence-corrected chi connectivity index (χ2v) is 16.2. The van der Waals surface area contributed by atoms with Crippen molar-refractivity contribution in [3.63, 3.8) is 0 Å². The van der Waals surface area contributed by atoms with Gasteiger partial charge in [-0.05, 0) is 154 Å². The van der Waals surface area contributed by atoms with Gasteiger partial charge in [0.05, 0.1) is 24.3 Å². The first kappa shape index (κ1) is 50.6. The molecule has 0 spiro atoms. The molecule has 0 bridgehead atoms. The summed E-state index contributed by atoms with van der Waals surface area (Å²) in [6, 6.07) is 24.4. The van der Waals surface area contributed by atoms with Gasteiger partial charge in [-0.1, -0.05) is 56.1 Å². The number of benzene rings is 4. The summed E-state index contributed by atoms with van der Waals surface area (Å²) >= 11 is 0. The van der Waals surface area contributed by atoms with Crippen molar-refractivity contribution in [3.05, 3.63) is 164 Å². The summed E-state index contributed by atoms with van der Waals surface area (Å²) < 4.78 is 27.1. The number of esters is 3. The Hall–Kier alpha value is -7.35. The highest BCUT2D eigenvalue weighted by Gasteiger charge is 2.16. The maximum absolute atomic E-state index is 13.0. The van der Waals surface area contributed by atoms with Crippen molar-refractivity contribution in [1.82, 2.24) is 0 Å². The first-order valence-corrected chi connectivity index (χ1v) is 21.9. The smallest absolute Gasteiger partial charge is 0.344 e. The van der Waals surface area contributed by atoms with E-state index in [0.717, 1.165) is 39.4 Å². The minimum atomic E-state index is -0.535. The number of carbonyl (C=O) groups is 3. The molecule has 3 N–H and O–H groups in total. The molecular formula is C54H56O13. The number of rotatable bonds is 20. The van der Waals surface area contributed by atoms with E-state index in [4.69, 9.17) is 33.3 Å². The van der Waals surface area contributed by atoms with Crippen LogP contribution in [0, 0.1) is 0 Å². The molecule has 6 aromatic rings. The fraction of sp³-hybridized carbons (Fsp3) is 0.278. The van der Waals surface area contributed by atoms with E-state index < -0.39 is 29.2 Å². The third-order valence-corrected chi connectivity index (χ3v) is 10.4. The summed E-state index contributed by atoms with van der Waals surface area (Å²) in [5.41, 5.74) is 6.77. The first-order valence-electron chi connectivity index (χ1n) is 21.9. The SMILES string of the molecule is C=C(C)C(=O)OCCCc1cc(CCCOC(=O)C(=C)C)c2oc(=O)c(-c3ccc(OC(=O)C(=C)C)cc3)cc2c1.O=c1oc2c(CCCO)cc(CCCO)cc2cc1-c1ccc(O)cc1. The summed E-state index contributed by atoms with van der Waals surface area (Å²) in [6.07, 6.45) is 4.82. The van der Waals surface area contributed by atoms with Gasteiger partial charge >= 0.3 is 29.2 Å². The predicted octanol–water partition coefficient (Wildman–Crippen LogP) is 9.06. The Bertz CT molecular complexity index is 2880. The monoisotopic (exact) mass is 912 g/mol. The number of carbonyl (C=O) groups excluding carboxylic acids is 3. The highest BCUT2D eigenvalue weighted by Crippen LogP contribution is 2.29. The molecule has 350 valence electrons. The molecule has 67 heavy (non-hydrogen) atoms. The van der Waals surface area contributed by atoms with Crippen LogP contribution in [0.2, 0.25) is 0 Å². The summed E-state index contributed by atoms with van der Waals surface area (Å²) in [5.74, 6) is -0.954. The Kier molecular flexibility index (Phi) is 18.3. The molecule has 0 saturated heterocycles. The van der Waals surface area contributed by atoms with Crippen LogP contribution < -0.4 is 16.0 Å². The Morgan fingerprint density at radius 3 is 1.39 bits per heavy atom. The van der Waals surface area contributed by atoms with Crippen molar-refractivity contribution >= 4 is 39.8 Å². The second kappa shape index (κ2) is 24.3. The normalized spacial score (nSPS) is 10.8. The molecule has 0 atom stereocenters. The van der Waals surface area contributed by atoms with Crippen molar-refractivity contribution < 1.29 is 52.7 Å². The fourth-order valence-corrected chi connectivity index (χ4v) is 7.02. The van der Waals surface area contributed by atoms with Crippen LogP contribution in [0.15, 0.2) is 140 Å². The number of phenols is 1. The molecule has 0 fully saturated rings. The Balaban J connectivity index is 0.000000277. The lowest BCUT2D eigenvalue weighted by Crippen LogP contribution is -2.09. The molecule has 2 aromatic heterocycles. The third-order valence-electron chi connectivity index (χ3n) is 10.4. The van der Waals surface area contributed by atoms with E-state index in [1.807, 2.05) is 24.3 Å². The van der Waals surface area contributed by atoms with Crippen LogP contribution >= 0.6 is 0 Å².